The fourth-order valence-corrected chi connectivity index (χ4v) is 1.02. The second-order valence-electron chi connectivity index (χ2n) is 3.36. The number of hydrogen-bond acceptors (Lipinski definition) is 7. The summed E-state index contributed by atoms with van der Waals surface area (Å²) in [4.78, 5) is 22.6. The lowest BCUT2D eigenvalue weighted by Gasteiger charge is -2.20. The first-order chi connectivity index (χ1) is 8.47. The molecule has 0 aromatic carbocycles. The third-order valence-electron chi connectivity index (χ3n) is 1.99. The molecular weight excluding hydrogens is 246 g/mol. The van der Waals surface area contributed by atoms with E-state index < -0.39 is 43.3 Å². The van der Waals surface area contributed by atoms with Gasteiger partial charge in [0.2, 0.25) is 0 Å². The first-order valence-electron chi connectivity index (χ1n) is 5.13. The number of ketones is 1. The zero-order valence-corrected chi connectivity index (χ0v) is 9.65. The fraction of sp³-hybridized carbons (Fsp3) is 0.600. The molecule has 0 unspecified atom stereocenters. The molecule has 8 heteroatoms. The summed E-state index contributed by atoms with van der Waals surface area (Å²) in [6.07, 6.45) is -3.27. The van der Waals surface area contributed by atoms with Crippen molar-refractivity contribution >= 4 is 11.9 Å². The largest absolute Gasteiger partial charge is 0.445 e. The van der Waals surface area contributed by atoms with Crippen LogP contribution in [0.2, 0.25) is 0 Å². The van der Waals surface area contributed by atoms with E-state index in [9.17, 15) is 14.7 Å². The third kappa shape index (κ3) is 5.23. The van der Waals surface area contributed by atoms with Crippen molar-refractivity contribution in [3.63, 3.8) is 0 Å². The van der Waals surface area contributed by atoms with Crippen LogP contribution in [0.1, 0.15) is 0 Å². The van der Waals surface area contributed by atoms with E-state index in [1.54, 1.807) is 0 Å². The molecule has 104 valence electrons. The molecule has 0 rings (SSSR count). The Hall–Kier alpha value is -1.48. The molecular formula is C10H17NO7. The molecule has 0 fully saturated rings. The summed E-state index contributed by atoms with van der Waals surface area (Å²) < 4.78 is 4.52. The van der Waals surface area contributed by atoms with Gasteiger partial charge in [0.05, 0.1) is 13.2 Å². The first kappa shape index (κ1) is 16.5. The normalized spacial score (nSPS) is 15.3. The highest BCUT2D eigenvalue weighted by molar-refractivity contribution is 5.91. The van der Waals surface area contributed by atoms with Gasteiger partial charge in [0.15, 0.2) is 5.78 Å². The molecule has 0 saturated carbocycles. The number of alkyl carbamates (subject to hydrolysis) is 1. The molecule has 0 radical (unpaired) electrons. The van der Waals surface area contributed by atoms with Gasteiger partial charge in [-0.25, -0.2) is 4.79 Å². The molecule has 0 aliphatic rings. The second-order valence-corrected chi connectivity index (χ2v) is 3.36. The summed E-state index contributed by atoms with van der Waals surface area (Å²) in [5.41, 5.74) is 0. The summed E-state index contributed by atoms with van der Waals surface area (Å²) in [6, 6.07) is -1.43. The Balaban J connectivity index is 4.43. The number of aliphatic hydroxyl groups is 4. The van der Waals surface area contributed by atoms with Crippen molar-refractivity contribution in [1.82, 2.24) is 5.32 Å². The quantitative estimate of drug-likeness (QED) is 0.306. The van der Waals surface area contributed by atoms with Crippen molar-refractivity contribution in [3.8, 4) is 0 Å². The van der Waals surface area contributed by atoms with E-state index in [2.05, 4.69) is 11.3 Å². The van der Waals surface area contributed by atoms with Crippen molar-refractivity contribution < 1.29 is 34.8 Å². The van der Waals surface area contributed by atoms with E-state index in [1.165, 1.54) is 6.08 Å². The fourth-order valence-electron chi connectivity index (χ4n) is 1.02. The minimum atomic E-state index is -1.91. The smallest absolute Gasteiger partial charge is 0.408 e. The molecule has 0 heterocycles. The lowest BCUT2D eigenvalue weighted by atomic mass is 10.0. The number of ether oxygens (including phenoxy) is 1. The van der Waals surface area contributed by atoms with Gasteiger partial charge in [-0.1, -0.05) is 12.7 Å². The molecule has 0 aliphatic heterocycles. The van der Waals surface area contributed by atoms with E-state index in [4.69, 9.17) is 15.3 Å². The van der Waals surface area contributed by atoms with Crippen molar-refractivity contribution in [1.29, 1.82) is 0 Å². The standard InChI is InChI=1S/C10H17NO7/c1-2-3-18-10(17)11-6(4-12)8(15)9(16)7(14)5-13/h2,6-7,9,12-14,16H,1,3-5H2,(H,11,17)/t6-,7+,9+/m0/s1. The summed E-state index contributed by atoms with van der Waals surface area (Å²) in [5, 5.41) is 37.8. The van der Waals surface area contributed by atoms with E-state index >= 15 is 0 Å². The Morgan fingerprint density at radius 1 is 1.28 bits per heavy atom. The highest BCUT2D eigenvalue weighted by Gasteiger charge is 2.31. The zero-order valence-electron chi connectivity index (χ0n) is 9.65. The van der Waals surface area contributed by atoms with Gasteiger partial charge in [-0.15, -0.1) is 0 Å². The molecule has 1 amide bonds. The van der Waals surface area contributed by atoms with Crippen molar-refractivity contribution in [3.05, 3.63) is 12.7 Å². The maximum atomic E-state index is 11.5. The van der Waals surface area contributed by atoms with E-state index in [0.29, 0.717) is 0 Å². The van der Waals surface area contributed by atoms with E-state index in [-0.39, 0.29) is 6.61 Å². The molecule has 0 aromatic heterocycles. The Morgan fingerprint density at radius 3 is 2.33 bits per heavy atom. The predicted octanol–water partition coefficient (Wildman–Crippen LogP) is -2.46. The molecule has 18 heavy (non-hydrogen) atoms. The van der Waals surface area contributed by atoms with Crippen LogP contribution in [-0.2, 0) is 9.53 Å². The SMILES string of the molecule is C=CCOC(=O)N[C@@H](CO)C(=O)[C@H](O)[C@H](O)CO. The van der Waals surface area contributed by atoms with Crippen molar-refractivity contribution in [2.75, 3.05) is 19.8 Å². The summed E-state index contributed by atoms with van der Waals surface area (Å²) in [5.74, 6) is -1.03. The van der Waals surface area contributed by atoms with Crippen LogP contribution in [0.4, 0.5) is 4.79 Å². The number of carbonyl (C=O) groups excluding carboxylic acids is 2. The van der Waals surface area contributed by atoms with Crippen LogP contribution in [0, 0.1) is 0 Å². The number of amides is 1. The highest BCUT2D eigenvalue weighted by atomic mass is 16.5. The van der Waals surface area contributed by atoms with Gasteiger partial charge in [-0.2, -0.15) is 0 Å². The third-order valence-corrected chi connectivity index (χ3v) is 1.99. The van der Waals surface area contributed by atoms with Crippen LogP contribution in [-0.4, -0.2) is 70.4 Å². The van der Waals surface area contributed by atoms with Crippen LogP contribution < -0.4 is 5.32 Å². The van der Waals surface area contributed by atoms with Crippen LogP contribution in [0.3, 0.4) is 0 Å². The minimum Gasteiger partial charge on any atom is -0.445 e. The number of rotatable bonds is 8. The average molecular weight is 263 g/mol. The number of hydrogen-bond donors (Lipinski definition) is 5. The molecule has 5 N–H and O–H groups in total. The molecule has 0 saturated heterocycles. The molecule has 8 nitrogen and oxygen atoms in total. The average Bonchev–Trinajstić information content (AvgIpc) is 2.39. The number of nitrogens with one attached hydrogen (secondary N) is 1. The van der Waals surface area contributed by atoms with Crippen LogP contribution >= 0.6 is 0 Å². The van der Waals surface area contributed by atoms with Crippen LogP contribution in [0.5, 0.6) is 0 Å². The number of Topliss-reactive ketones (excluding diaryl/α,β-unsaturated/α-hetero) is 1. The topological polar surface area (TPSA) is 136 Å². The summed E-state index contributed by atoms with van der Waals surface area (Å²) in [7, 11) is 0. The van der Waals surface area contributed by atoms with Crippen molar-refractivity contribution in [2.45, 2.75) is 18.2 Å². The van der Waals surface area contributed by atoms with E-state index in [0.717, 1.165) is 0 Å². The van der Waals surface area contributed by atoms with Gasteiger partial charge in [-0.3, -0.25) is 4.79 Å². The molecule has 0 bridgehead atoms. The number of carbonyl (C=O) groups is 2. The Bertz CT molecular complexity index is 294. The van der Waals surface area contributed by atoms with E-state index in [1.807, 2.05) is 5.32 Å². The predicted molar refractivity (Wildman–Crippen MR) is 59.7 cm³/mol. The molecule has 0 spiro atoms. The first-order valence-corrected chi connectivity index (χ1v) is 5.13. The molecule has 0 aromatic rings. The van der Waals surface area contributed by atoms with Gasteiger partial charge in [0.25, 0.3) is 0 Å². The Labute approximate surface area is 103 Å². The molecule has 0 aliphatic carbocycles. The minimum absolute atomic E-state index is 0.0833. The van der Waals surface area contributed by atoms with Gasteiger partial charge < -0.3 is 30.5 Å². The van der Waals surface area contributed by atoms with Crippen molar-refractivity contribution in [2.24, 2.45) is 0 Å². The lowest BCUT2D eigenvalue weighted by molar-refractivity contribution is -0.137. The Kier molecular flexibility index (Phi) is 7.88. The maximum Gasteiger partial charge on any atom is 0.408 e. The number of aliphatic hydroxyl groups excluding tert-OH is 4. The summed E-state index contributed by atoms with van der Waals surface area (Å²) >= 11 is 0. The van der Waals surface area contributed by atoms with Crippen LogP contribution in [0.15, 0.2) is 12.7 Å². The second kappa shape index (κ2) is 8.59. The lowest BCUT2D eigenvalue weighted by Crippen LogP contribution is -2.51. The zero-order chi connectivity index (χ0) is 14.1. The van der Waals surface area contributed by atoms with Gasteiger partial charge in [-0.05, 0) is 0 Å². The highest BCUT2D eigenvalue weighted by Crippen LogP contribution is 1.99. The monoisotopic (exact) mass is 263 g/mol. The summed E-state index contributed by atoms with van der Waals surface area (Å²) in [6.45, 7) is 1.62. The Morgan fingerprint density at radius 2 is 1.89 bits per heavy atom. The van der Waals surface area contributed by atoms with Gasteiger partial charge in [0.1, 0.15) is 24.9 Å². The van der Waals surface area contributed by atoms with Crippen LogP contribution in [0.25, 0.3) is 0 Å². The molecule has 3 atom stereocenters. The van der Waals surface area contributed by atoms with Gasteiger partial charge in [0, 0.05) is 0 Å². The maximum absolute atomic E-state index is 11.5. The van der Waals surface area contributed by atoms with Gasteiger partial charge >= 0.3 is 6.09 Å².